The predicted molar refractivity (Wildman–Crippen MR) is 103 cm³/mol. The number of carboxylic acid groups (broad SMARTS) is 1. The number of amides is 1. The normalized spacial score (nSPS) is 13.0. The molecule has 3 aromatic rings. The van der Waals surface area contributed by atoms with Gasteiger partial charge in [-0.2, -0.15) is 0 Å². The number of hydrogen-bond acceptors (Lipinski definition) is 4. The summed E-state index contributed by atoms with van der Waals surface area (Å²) in [6, 6.07) is 16.7. The van der Waals surface area contributed by atoms with Crippen molar-refractivity contribution < 1.29 is 18.9 Å². The zero-order chi connectivity index (χ0) is 19.2. The smallest absolute Gasteiger partial charge is 0.326 e. The third-order valence-corrected chi connectivity index (χ3v) is 5.46. The molecule has 0 radical (unpaired) electrons. The molecule has 0 saturated carbocycles. The van der Waals surface area contributed by atoms with Gasteiger partial charge < -0.3 is 10.4 Å². The fourth-order valence-electron chi connectivity index (χ4n) is 2.61. The second-order valence-electron chi connectivity index (χ2n) is 5.93. The molecule has 2 atom stereocenters. The van der Waals surface area contributed by atoms with Crippen LogP contribution in [0.4, 0.5) is 0 Å². The second-order valence-corrected chi connectivity index (χ2v) is 7.50. The lowest BCUT2D eigenvalue weighted by atomic mass is 10.1. The third-order valence-electron chi connectivity index (χ3n) is 4.05. The second kappa shape index (κ2) is 8.55. The van der Waals surface area contributed by atoms with Crippen LogP contribution in [0.5, 0.6) is 0 Å². The van der Waals surface area contributed by atoms with Crippen LogP contribution in [0, 0.1) is 0 Å². The van der Waals surface area contributed by atoms with Gasteiger partial charge in [-0.3, -0.25) is 14.0 Å². The first-order valence-corrected chi connectivity index (χ1v) is 9.68. The van der Waals surface area contributed by atoms with E-state index in [-0.39, 0.29) is 17.7 Å². The van der Waals surface area contributed by atoms with Crippen LogP contribution in [0.2, 0.25) is 0 Å². The molecule has 2 aromatic carbocycles. The Balaban J connectivity index is 1.67. The van der Waals surface area contributed by atoms with Gasteiger partial charge in [-0.1, -0.05) is 36.4 Å². The van der Waals surface area contributed by atoms with Crippen molar-refractivity contribution in [1.82, 2.24) is 10.3 Å². The minimum atomic E-state index is -1.33. The molecule has 0 aliphatic heterocycles. The van der Waals surface area contributed by atoms with Crippen molar-refractivity contribution in [2.24, 2.45) is 0 Å². The van der Waals surface area contributed by atoms with E-state index in [9.17, 15) is 18.9 Å². The van der Waals surface area contributed by atoms with Crippen molar-refractivity contribution in [3.05, 3.63) is 72.4 Å². The van der Waals surface area contributed by atoms with Gasteiger partial charge in [0, 0.05) is 22.2 Å². The summed E-state index contributed by atoms with van der Waals surface area (Å²) < 4.78 is 12.3. The molecule has 0 bridgehead atoms. The molecule has 7 heteroatoms. The van der Waals surface area contributed by atoms with Gasteiger partial charge in [0.2, 0.25) is 0 Å². The van der Waals surface area contributed by atoms with Crippen molar-refractivity contribution in [2.75, 3.05) is 5.75 Å². The number of benzene rings is 2. The van der Waals surface area contributed by atoms with Crippen LogP contribution >= 0.6 is 0 Å². The fraction of sp³-hybridized carbons (Fsp3) is 0.150. The Hall–Kier alpha value is -3.06. The molecule has 0 aliphatic carbocycles. The highest BCUT2D eigenvalue weighted by Crippen LogP contribution is 2.13. The van der Waals surface area contributed by atoms with Crippen molar-refractivity contribution in [3.63, 3.8) is 0 Å². The molecule has 0 fully saturated rings. The van der Waals surface area contributed by atoms with E-state index >= 15 is 0 Å². The molecule has 1 heterocycles. The molecule has 0 spiro atoms. The van der Waals surface area contributed by atoms with E-state index in [1.807, 2.05) is 30.3 Å². The maximum atomic E-state index is 12.4. The number of aliphatic carboxylic acids is 1. The number of aromatic nitrogens is 1. The molecule has 138 valence electrons. The summed E-state index contributed by atoms with van der Waals surface area (Å²) in [7, 11) is -1.33. The number of nitrogens with zero attached hydrogens (tertiary/aromatic N) is 1. The van der Waals surface area contributed by atoms with Crippen molar-refractivity contribution in [2.45, 2.75) is 17.4 Å². The van der Waals surface area contributed by atoms with Crippen molar-refractivity contribution >= 4 is 33.6 Å². The minimum Gasteiger partial charge on any atom is -0.480 e. The quantitative estimate of drug-likeness (QED) is 0.655. The van der Waals surface area contributed by atoms with Crippen molar-refractivity contribution in [3.8, 4) is 0 Å². The third kappa shape index (κ3) is 4.77. The Morgan fingerprint density at radius 1 is 1.07 bits per heavy atom. The van der Waals surface area contributed by atoms with Gasteiger partial charge in [0.05, 0.1) is 21.9 Å². The number of carbonyl (C=O) groups excluding carboxylic acids is 1. The number of rotatable bonds is 7. The van der Waals surface area contributed by atoms with E-state index in [0.717, 1.165) is 10.9 Å². The topological polar surface area (TPSA) is 96.4 Å². The summed E-state index contributed by atoms with van der Waals surface area (Å²) in [5.74, 6) is -1.55. The molecule has 1 aromatic heterocycles. The summed E-state index contributed by atoms with van der Waals surface area (Å²) in [6.45, 7) is 0. The molecule has 1 amide bonds. The summed E-state index contributed by atoms with van der Waals surface area (Å²) in [4.78, 5) is 28.8. The largest absolute Gasteiger partial charge is 0.480 e. The SMILES string of the molecule is O=C(N[C@H](CC[S@@](=O)c1ccccc1)C(=O)O)c1cnc2ccccc2c1. The molecule has 0 unspecified atom stereocenters. The first kappa shape index (κ1) is 18.7. The number of para-hydroxylation sites is 1. The Morgan fingerprint density at radius 2 is 1.78 bits per heavy atom. The number of carbonyl (C=O) groups is 2. The highest BCUT2D eigenvalue weighted by molar-refractivity contribution is 7.85. The maximum Gasteiger partial charge on any atom is 0.326 e. The van der Waals surface area contributed by atoms with E-state index in [0.29, 0.717) is 4.90 Å². The summed E-state index contributed by atoms with van der Waals surface area (Å²) in [5.41, 5.74) is 1.03. The van der Waals surface area contributed by atoms with Gasteiger partial charge in [-0.05, 0) is 30.7 Å². The Morgan fingerprint density at radius 3 is 2.52 bits per heavy atom. The van der Waals surface area contributed by atoms with Gasteiger partial charge in [0.1, 0.15) is 6.04 Å². The van der Waals surface area contributed by atoms with E-state index in [2.05, 4.69) is 10.3 Å². The fourth-order valence-corrected chi connectivity index (χ4v) is 3.76. The molecule has 3 rings (SSSR count). The van der Waals surface area contributed by atoms with E-state index in [1.54, 1.807) is 30.3 Å². The molecule has 0 saturated heterocycles. The molecule has 6 nitrogen and oxygen atoms in total. The number of nitrogens with one attached hydrogen (secondary N) is 1. The highest BCUT2D eigenvalue weighted by Gasteiger charge is 2.22. The summed E-state index contributed by atoms with van der Waals surface area (Å²) in [6.07, 6.45) is 1.47. The minimum absolute atomic E-state index is 0.0591. The summed E-state index contributed by atoms with van der Waals surface area (Å²) >= 11 is 0. The average molecular weight is 382 g/mol. The zero-order valence-corrected chi connectivity index (χ0v) is 15.2. The number of fused-ring (bicyclic) bond motifs is 1. The van der Waals surface area contributed by atoms with Gasteiger partial charge in [0.25, 0.3) is 5.91 Å². The van der Waals surface area contributed by atoms with Crippen LogP contribution < -0.4 is 5.32 Å². The lowest BCUT2D eigenvalue weighted by Gasteiger charge is -2.14. The molecule has 2 N–H and O–H groups in total. The Bertz CT molecular complexity index is 991. The predicted octanol–water partition coefficient (Wildman–Crippen LogP) is 2.62. The first-order valence-electron chi connectivity index (χ1n) is 8.36. The van der Waals surface area contributed by atoms with Gasteiger partial charge >= 0.3 is 5.97 Å². The first-order chi connectivity index (χ1) is 13.0. The van der Waals surface area contributed by atoms with Crippen LogP contribution in [0.15, 0.2) is 71.8 Å². The van der Waals surface area contributed by atoms with Crippen LogP contribution in [-0.2, 0) is 15.6 Å². The van der Waals surface area contributed by atoms with E-state index < -0.39 is 28.7 Å². The monoisotopic (exact) mass is 382 g/mol. The van der Waals surface area contributed by atoms with Crippen LogP contribution in [0.1, 0.15) is 16.8 Å². The van der Waals surface area contributed by atoms with Gasteiger partial charge in [-0.25, -0.2) is 4.79 Å². The molecular weight excluding hydrogens is 364 g/mol. The average Bonchev–Trinajstić information content (AvgIpc) is 2.70. The lowest BCUT2D eigenvalue weighted by molar-refractivity contribution is -0.139. The molecule has 27 heavy (non-hydrogen) atoms. The molecule has 0 aliphatic rings. The number of hydrogen-bond donors (Lipinski definition) is 2. The zero-order valence-electron chi connectivity index (χ0n) is 14.4. The highest BCUT2D eigenvalue weighted by atomic mass is 32.2. The van der Waals surface area contributed by atoms with Crippen LogP contribution in [-0.4, -0.2) is 38.0 Å². The number of pyridine rings is 1. The molecular formula is C20H18N2O4S. The maximum absolute atomic E-state index is 12.4. The van der Waals surface area contributed by atoms with Crippen molar-refractivity contribution in [1.29, 1.82) is 0 Å². The van der Waals surface area contributed by atoms with Gasteiger partial charge in [-0.15, -0.1) is 0 Å². The summed E-state index contributed by atoms with van der Waals surface area (Å²) in [5, 5.41) is 12.7. The number of carboxylic acids is 1. The standard InChI is InChI=1S/C20H18N2O4S/c23-19(15-12-14-6-4-5-9-17(14)21-13-15)22-18(20(24)25)10-11-27(26)16-7-2-1-3-8-16/h1-9,12-13,18H,10-11H2,(H,22,23)(H,24,25)/t18-,27-/m1/s1. The lowest BCUT2D eigenvalue weighted by Crippen LogP contribution is -2.41. The van der Waals surface area contributed by atoms with Gasteiger partial charge in [0.15, 0.2) is 0 Å². The Labute approximate surface area is 158 Å². The van der Waals surface area contributed by atoms with Crippen LogP contribution in [0.25, 0.3) is 10.9 Å². The van der Waals surface area contributed by atoms with E-state index in [1.165, 1.54) is 6.20 Å². The Kier molecular flexibility index (Phi) is 5.93. The van der Waals surface area contributed by atoms with E-state index in [4.69, 9.17) is 0 Å². The van der Waals surface area contributed by atoms with Crippen LogP contribution in [0.3, 0.4) is 0 Å².